The van der Waals surface area contributed by atoms with Crippen molar-refractivity contribution in [3.8, 4) is 5.75 Å². The van der Waals surface area contributed by atoms with Gasteiger partial charge in [0.2, 0.25) is 0 Å². The highest BCUT2D eigenvalue weighted by Crippen LogP contribution is 2.20. The van der Waals surface area contributed by atoms with Gasteiger partial charge in [0.05, 0.1) is 6.61 Å². The molecule has 0 amide bonds. The minimum absolute atomic E-state index is 0.0474. The largest absolute Gasteiger partial charge is 0.488 e. The van der Waals surface area contributed by atoms with E-state index < -0.39 is 0 Å². The van der Waals surface area contributed by atoms with Crippen molar-refractivity contribution in [1.82, 2.24) is 0 Å². The quantitative estimate of drug-likeness (QED) is 0.851. The van der Waals surface area contributed by atoms with E-state index in [-0.39, 0.29) is 12.1 Å². The molecule has 1 aliphatic heterocycles. The fourth-order valence-corrected chi connectivity index (χ4v) is 1.87. The van der Waals surface area contributed by atoms with Crippen LogP contribution in [0.1, 0.15) is 31.4 Å². The van der Waals surface area contributed by atoms with Gasteiger partial charge in [0.15, 0.2) is 0 Å². The van der Waals surface area contributed by atoms with Gasteiger partial charge in [-0.25, -0.2) is 0 Å². The molecule has 0 aromatic heterocycles. The third-order valence-electron chi connectivity index (χ3n) is 2.81. The van der Waals surface area contributed by atoms with Crippen molar-refractivity contribution < 1.29 is 9.47 Å². The molecule has 1 fully saturated rings. The Bertz CT molecular complexity index is 332. The third kappa shape index (κ3) is 2.97. The minimum Gasteiger partial charge on any atom is -0.488 e. The molecule has 1 aliphatic rings. The molecule has 1 saturated heterocycles. The molecule has 0 bridgehead atoms. The standard InChI is InChI=1S/C13H19NO2/c1-10(14)11-4-2-5-12(8-11)16-13-6-3-7-15-9-13/h2,4-5,8,10,13H,3,6-7,9,14H2,1H3. The van der Waals surface area contributed by atoms with Crippen LogP contribution in [0, 0.1) is 0 Å². The fraction of sp³-hybridized carbons (Fsp3) is 0.538. The summed E-state index contributed by atoms with van der Waals surface area (Å²) in [4.78, 5) is 0. The smallest absolute Gasteiger partial charge is 0.122 e. The van der Waals surface area contributed by atoms with Crippen LogP contribution >= 0.6 is 0 Å². The molecule has 0 saturated carbocycles. The van der Waals surface area contributed by atoms with E-state index in [1.54, 1.807) is 0 Å². The second kappa shape index (κ2) is 5.32. The van der Waals surface area contributed by atoms with Crippen molar-refractivity contribution in [2.75, 3.05) is 13.2 Å². The first-order chi connectivity index (χ1) is 7.75. The summed E-state index contributed by atoms with van der Waals surface area (Å²) in [5.74, 6) is 0.894. The lowest BCUT2D eigenvalue weighted by Gasteiger charge is -2.23. The molecule has 1 aromatic carbocycles. The van der Waals surface area contributed by atoms with Crippen LogP contribution in [0.2, 0.25) is 0 Å². The molecular weight excluding hydrogens is 202 g/mol. The van der Waals surface area contributed by atoms with Crippen LogP contribution in [-0.4, -0.2) is 19.3 Å². The molecule has 3 nitrogen and oxygen atoms in total. The topological polar surface area (TPSA) is 44.5 Å². The van der Waals surface area contributed by atoms with Gasteiger partial charge in [-0.3, -0.25) is 0 Å². The van der Waals surface area contributed by atoms with Gasteiger partial charge < -0.3 is 15.2 Å². The summed E-state index contributed by atoms with van der Waals surface area (Å²) in [7, 11) is 0. The van der Waals surface area contributed by atoms with Crippen LogP contribution in [0.15, 0.2) is 24.3 Å². The summed E-state index contributed by atoms with van der Waals surface area (Å²) >= 11 is 0. The predicted octanol–water partition coefficient (Wildman–Crippen LogP) is 2.26. The Balaban J connectivity index is 2.00. The highest BCUT2D eigenvalue weighted by Gasteiger charge is 2.15. The van der Waals surface area contributed by atoms with E-state index in [2.05, 4.69) is 0 Å². The second-order valence-corrected chi connectivity index (χ2v) is 4.32. The van der Waals surface area contributed by atoms with Crippen molar-refractivity contribution in [3.05, 3.63) is 29.8 Å². The van der Waals surface area contributed by atoms with Crippen LogP contribution < -0.4 is 10.5 Å². The Morgan fingerprint density at radius 3 is 3.06 bits per heavy atom. The van der Waals surface area contributed by atoms with Crippen LogP contribution in [0.4, 0.5) is 0 Å². The van der Waals surface area contributed by atoms with E-state index in [1.807, 2.05) is 31.2 Å². The average Bonchev–Trinajstić information content (AvgIpc) is 2.30. The van der Waals surface area contributed by atoms with Gasteiger partial charge in [0.1, 0.15) is 11.9 Å². The molecule has 1 heterocycles. The summed E-state index contributed by atoms with van der Waals surface area (Å²) in [6.45, 7) is 3.53. The molecule has 2 atom stereocenters. The van der Waals surface area contributed by atoms with Crippen LogP contribution in [0.5, 0.6) is 5.75 Å². The van der Waals surface area contributed by atoms with Crippen LogP contribution in [-0.2, 0) is 4.74 Å². The fourth-order valence-electron chi connectivity index (χ4n) is 1.87. The molecule has 0 aliphatic carbocycles. The zero-order valence-corrected chi connectivity index (χ0v) is 9.69. The summed E-state index contributed by atoms with van der Waals surface area (Å²) < 4.78 is 11.2. The lowest BCUT2D eigenvalue weighted by Crippen LogP contribution is -2.28. The molecule has 2 N–H and O–H groups in total. The van der Waals surface area contributed by atoms with Crippen molar-refractivity contribution in [1.29, 1.82) is 0 Å². The Morgan fingerprint density at radius 1 is 1.50 bits per heavy atom. The lowest BCUT2D eigenvalue weighted by molar-refractivity contribution is 0.00739. The second-order valence-electron chi connectivity index (χ2n) is 4.32. The SMILES string of the molecule is CC(N)c1cccc(OC2CCCOC2)c1. The minimum atomic E-state index is 0.0474. The Hall–Kier alpha value is -1.06. The highest BCUT2D eigenvalue weighted by molar-refractivity contribution is 5.30. The summed E-state index contributed by atoms with van der Waals surface area (Å²) in [6.07, 6.45) is 2.34. The van der Waals surface area contributed by atoms with E-state index in [4.69, 9.17) is 15.2 Å². The van der Waals surface area contributed by atoms with Crippen LogP contribution in [0.25, 0.3) is 0 Å². The van der Waals surface area contributed by atoms with E-state index in [0.29, 0.717) is 6.61 Å². The zero-order valence-electron chi connectivity index (χ0n) is 9.69. The van der Waals surface area contributed by atoms with E-state index in [1.165, 1.54) is 0 Å². The Morgan fingerprint density at radius 2 is 2.38 bits per heavy atom. The molecule has 2 rings (SSSR count). The first-order valence-electron chi connectivity index (χ1n) is 5.85. The zero-order chi connectivity index (χ0) is 11.4. The first kappa shape index (κ1) is 11.4. The van der Waals surface area contributed by atoms with Gasteiger partial charge in [0.25, 0.3) is 0 Å². The molecule has 0 radical (unpaired) electrons. The molecule has 88 valence electrons. The first-order valence-corrected chi connectivity index (χ1v) is 5.85. The molecule has 3 heteroatoms. The molecule has 0 spiro atoms. The van der Waals surface area contributed by atoms with Gasteiger partial charge in [-0.05, 0) is 37.5 Å². The maximum absolute atomic E-state index is 5.87. The Kier molecular flexibility index (Phi) is 3.80. The number of ether oxygens (including phenoxy) is 2. The Labute approximate surface area is 96.5 Å². The van der Waals surface area contributed by atoms with Gasteiger partial charge in [-0.1, -0.05) is 12.1 Å². The van der Waals surface area contributed by atoms with E-state index in [0.717, 1.165) is 30.8 Å². The number of rotatable bonds is 3. The molecule has 16 heavy (non-hydrogen) atoms. The molecule has 1 aromatic rings. The third-order valence-corrected chi connectivity index (χ3v) is 2.81. The van der Waals surface area contributed by atoms with Gasteiger partial charge in [-0.15, -0.1) is 0 Å². The highest BCUT2D eigenvalue weighted by atomic mass is 16.5. The summed E-state index contributed by atoms with van der Waals surface area (Å²) in [6, 6.07) is 8.04. The predicted molar refractivity (Wildman–Crippen MR) is 63.5 cm³/mol. The monoisotopic (exact) mass is 221 g/mol. The maximum atomic E-state index is 5.87. The molecular formula is C13H19NO2. The number of nitrogens with two attached hydrogens (primary N) is 1. The van der Waals surface area contributed by atoms with Crippen molar-refractivity contribution in [2.24, 2.45) is 5.73 Å². The molecule has 2 unspecified atom stereocenters. The summed E-state index contributed by atoms with van der Waals surface area (Å²) in [5, 5.41) is 0. The van der Waals surface area contributed by atoms with Crippen molar-refractivity contribution in [3.63, 3.8) is 0 Å². The van der Waals surface area contributed by atoms with Gasteiger partial charge in [-0.2, -0.15) is 0 Å². The van der Waals surface area contributed by atoms with Gasteiger partial charge in [0, 0.05) is 12.6 Å². The lowest BCUT2D eigenvalue weighted by atomic mass is 10.1. The normalized spacial score (nSPS) is 22.8. The average molecular weight is 221 g/mol. The maximum Gasteiger partial charge on any atom is 0.122 e. The van der Waals surface area contributed by atoms with E-state index >= 15 is 0 Å². The number of hydrogen-bond donors (Lipinski definition) is 1. The summed E-state index contributed by atoms with van der Waals surface area (Å²) in [5.41, 5.74) is 6.94. The number of hydrogen-bond acceptors (Lipinski definition) is 3. The van der Waals surface area contributed by atoms with Gasteiger partial charge >= 0.3 is 0 Å². The van der Waals surface area contributed by atoms with E-state index in [9.17, 15) is 0 Å². The van der Waals surface area contributed by atoms with Crippen LogP contribution in [0.3, 0.4) is 0 Å². The number of benzene rings is 1. The van der Waals surface area contributed by atoms with Crippen molar-refractivity contribution in [2.45, 2.75) is 31.9 Å². The van der Waals surface area contributed by atoms with Crippen molar-refractivity contribution >= 4 is 0 Å².